The smallest absolute Gasteiger partial charge is 0.244 e. The van der Waals surface area contributed by atoms with E-state index < -0.39 is 0 Å². The fourth-order valence-electron chi connectivity index (χ4n) is 3.29. The zero-order valence-electron chi connectivity index (χ0n) is 14.5. The van der Waals surface area contributed by atoms with E-state index in [0.29, 0.717) is 18.5 Å². The van der Waals surface area contributed by atoms with Crippen LogP contribution in [0.4, 0.5) is 17.5 Å². The molecule has 0 amide bonds. The van der Waals surface area contributed by atoms with Crippen LogP contribution in [0.2, 0.25) is 0 Å². The van der Waals surface area contributed by atoms with E-state index in [1.54, 1.807) is 6.20 Å². The number of anilines is 3. The summed E-state index contributed by atoms with van der Waals surface area (Å²) in [5, 5.41) is 11.5. The van der Waals surface area contributed by atoms with Crippen LogP contribution in [0.1, 0.15) is 23.6 Å². The first kappa shape index (κ1) is 15.6. The van der Waals surface area contributed by atoms with Crippen LogP contribution in [0.5, 0.6) is 0 Å². The highest BCUT2D eigenvalue weighted by Crippen LogP contribution is 2.36. The molecule has 1 unspecified atom stereocenters. The van der Waals surface area contributed by atoms with Gasteiger partial charge in [-0.3, -0.25) is 0 Å². The molecule has 2 aromatic carbocycles. The van der Waals surface area contributed by atoms with Crippen LogP contribution in [-0.4, -0.2) is 21.2 Å². The predicted octanol–water partition coefficient (Wildman–Crippen LogP) is 3.87. The number of para-hydroxylation sites is 1. The van der Waals surface area contributed by atoms with E-state index in [4.69, 9.17) is 0 Å². The molecule has 0 spiro atoms. The van der Waals surface area contributed by atoms with E-state index in [1.165, 1.54) is 22.4 Å². The van der Waals surface area contributed by atoms with Gasteiger partial charge >= 0.3 is 0 Å². The van der Waals surface area contributed by atoms with Gasteiger partial charge in [0.1, 0.15) is 0 Å². The molecular formula is C20H21N5. The molecular weight excluding hydrogens is 310 g/mol. The molecule has 5 nitrogen and oxygen atoms in total. The second kappa shape index (κ2) is 6.51. The molecule has 25 heavy (non-hydrogen) atoms. The molecule has 0 fully saturated rings. The Balaban J connectivity index is 1.54. The highest BCUT2D eigenvalue weighted by molar-refractivity contribution is 5.68. The molecule has 126 valence electrons. The van der Waals surface area contributed by atoms with E-state index >= 15 is 0 Å². The Kier molecular flexibility index (Phi) is 4.06. The monoisotopic (exact) mass is 331 g/mol. The number of hydrogen-bond donors (Lipinski definition) is 1. The third-order valence-corrected chi connectivity index (χ3v) is 4.57. The van der Waals surface area contributed by atoms with Crippen molar-refractivity contribution in [3.05, 3.63) is 71.4 Å². The van der Waals surface area contributed by atoms with Crippen molar-refractivity contribution < 1.29 is 0 Å². The highest BCUT2D eigenvalue weighted by atomic mass is 15.3. The van der Waals surface area contributed by atoms with Gasteiger partial charge in [0.15, 0.2) is 5.82 Å². The lowest BCUT2D eigenvalue weighted by Gasteiger charge is -2.23. The summed E-state index contributed by atoms with van der Waals surface area (Å²) in [5.41, 5.74) is 5.01. The lowest BCUT2D eigenvalue weighted by Crippen LogP contribution is -2.25. The van der Waals surface area contributed by atoms with Crippen LogP contribution in [-0.2, 0) is 13.0 Å². The number of benzene rings is 2. The largest absolute Gasteiger partial charge is 0.349 e. The molecule has 1 aromatic heterocycles. The lowest BCUT2D eigenvalue weighted by atomic mass is 10.1. The first-order valence-corrected chi connectivity index (χ1v) is 8.57. The van der Waals surface area contributed by atoms with Crippen molar-refractivity contribution in [1.82, 2.24) is 15.2 Å². The molecule has 1 aliphatic rings. The Morgan fingerprint density at radius 2 is 1.92 bits per heavy atom. The maximum absolute atomic E-state index is 4.68. The van der Waals surface area contributed by atoms with Crippen molar-refractivity contribution in [3.8, 4) is 0 Å². The number of rotatable bonds is 4. The van der Waals surface area contributed by atoms with Crippen molar-refractivity contribution in [2.45, 2.75) is 32.9 Å². The molecule has 0 radical (unpaired) electrons. The summed E-state index contributed by atoms with van der Waals surface area (Å²) in [6.45, 7) is 4.97. The van der Waals surface area contributed by atoms with E-state index in [-0.39, 0.29) is 0 Å². The van der Waals surface area contributed by atoms with Crippen LogP contribution in [0.3, 0.4) is 0 Å². The number of nitrogens with one attached hydrogen (secondary N) is 1. The summed E-state index contributed by atoms with van der Waals surface area (Å²) in [6.07, 6.45) is 2.75. The summed E-state index contributed by atoms with van der Waals surface area (Å²) in [6, 6.07) is 17.3. The number of hydrogen-bond acceptors (Lipinski definition) is 5. The Bertz CT molecular complexity index is 875. The fourth-order valence-corrected chi connectivity index (χ4v) is 3.29. The Hall–Kier alpha value is -2.95. The summed E-state index contributed by atoms with van der Waals surface area (Å²) in [7, 11) is 0. The predicted molar refractivity (Wildman–Crippen MR) is 100 cm³/mol. The van der Waals surface area contributed by atoms with Gasteiger partial charge in [0, 0.05) is 18.3 Å². The van der Waals surface area contributed by atoms with Gasteiger partial charge in [0.05, 0.1) is 6.20 Å². The van der Waals surface area contributed by atoms with Crippen molar-refractivity contribution in [2.24, 2.45) is 0 Å². The SMILES string of the molecule is Cc1ccc(CNc2nncc(N3c4ccccc4CC3C)n2)cc1. The molecule has 0 saturated heterocycles. The van der Waals surface area contributed by atoms with Gasteiger partial charge in [-0.2, -0.15) is 10.1 Å². The standard InChI is InChI=1S/C20H21N5/c1-14-7-9-16(10-8-14)12-21-20-23-19(13-22-24-20)25-15(2)11-17-5-3-4-6-18(17)25/h3-10,13,15H,11-12H2,1-2H3,(H,21,23,24). The fraction of sp³-hybridized carbons (Fsp3) is 0.250. The Morgan fingerprint density at radius 1 is 1.12 bits per heavy atom. The number of nitrogens with zero attached hydrogens (tertiary/aromatic N) is 4. The van der Waals surface area contributed by atoms with Crippen LogP contribution in [0.15, 0.2) is 54.7 Å². The normalized spacial score (nSPS) is 15.9. The zero-order valence-corrected chi connectivity index (χ0v) is 14.5. The number of aromatic nitrogens is 3. The Morgan fingerprint density at radius 3 is 2.76 bits per heavy atom. The molecule has 4 rings (SSSR count). The van der Waals surface area contributed by atoms with Crippen LogP contribution < -0.4 is 10.2 Å². The summed E-state index contributed by atoms with van der Waals surface area (Å²) >= 11 is 0. The molecule has 2 heterocycles. The molecule has 0 saturated carbocycles. The maximum atomic E-state index is 4.68. The maximum Gasteiger partial charge on any atom is 0.244 e. The zero-order chi connectivity index (χ0) is 17.2. The second-order valence-electron chi connectivity index (χ2n) is 6.53. The Labute approximate surface area is 147 Å². The molecule has 0 aliphatic carbocycles. The third kappa shape index (κ3) is 3.18. The minimum Gasteiger partial charge on any atom is -0.349 e. The van der Waals surface area contributed by atoms with E-state index in [1.807, 2.05) is 0 Å². The minimum atomic E-state index is 0.360. The molecule has 0 bridgehead atoms. The van der Waals surface area contributed by atoms with Gasteiger partial charge in [-0.25, -0.2) is 0 Å². The van der Waals surface area contributed by atoms with Gasteiger partial charge in [0.2, 0.25) is 5.95 Å². The van der Waals surface area contributed by atoms with Gasteiger partial charge in [0.25, 0.3) is 0 Å². The number of aryl methyl sites for hydroxylation is 1. The lowest BCUT2D eigenvalue weighted by molar-refractivity contribution is 0.744. The van der Waals surface area contributed by atoms with Crippen LogP contribution >= 0.6 is 0 Å². The van der Waals surface area contributed by atoms with Gasteiger partial charge in [-0.1, -0.05) is 48.0 Å². The van der Waals surface area contributed by atoms with Crippen molar-refractivity contribution in [1.29, 1.82) is 0 Å². The average Bonchev–Trinajstić information content (AvgIpc) is 2.97. The average molecular weight is 331 g/mol. The van der Waals surface area contributed by atoms with E-state index in [9.17, 15) is 0 Å². The van der Waals surface area contributed by atoms with Crippen LogP contribution in [0, 0.1) is 6.92 Å². The molecule has 5 heteroatoms. The minimum absolute atomic E-state index is 0.360. The number of fused-ring (bicyclic) bond motifs is 1. The van der Waals surface area contributed by atoms with Crippen molar-refractivity contribution in [3.63, 3.8) is 0 Å². The first-order valence-electron chi connectivity index (χ1n) is 8.57. The van der Waals surface area contributed by atoms with Crippen LogP contribution in [0.25, 0.3) is 0 Å². The van der Waals surface area contributed by atoms with Gasteiger partial charge in [-0.15, -0.1) is 5.10 Å². The van der Waals surface area contributed by atoms with E-state index in [2.05, 4.69) is 87.8 Å². The molecule has 1 atom stereocenters. The highest BCUT2D eigenvalue weighted by Gasteiger charge is 2.28. The van der Waals surface area contributed by atoms with Gasteiger partial charge < -0.3 is 10.2 Å². The molecule has 1 aliphatic heterocycles. The first-order chi connectivity index (χ1) is 12.2. The summed E-state index contributed by atoms with van der Waals surface area (Å²) < 4.78 is 0. The van der Waals surface area contributed by atoms with E-state index in [0.717, 1.165) is 12.2 Å². The van der Waals surface area contributed by atoms with Crippen molar-refractivity contribution in [2.75, 3.05) is 10.2 Å². The third-order valence-electron chi connectivity index (χ3n) is 4.57. The molecule has 1 N–H and O–H groups in total. The molecule has 3 aromatic rings. The van der Waals surface area contributed by atoms with Gasteiger partial charge in [-0.05, 0) is 37.5 Å². The second-order valence-corrected chi connectivity index (χ2v) is 6.53. The summed E-state index contributed by atoms with van der Waals surface area (Å²) in [4.78, 5) is 6.92. The van der Waals surface area contributed by atoms with Crippen molar-refractivity contribution >= 4 is 17.5 Å². The quantitative estimate of drug-likeness (QED) is 0.786. The topological polar surface area (TPSA) is 53.9 Å². The summed E-state index contributed by atoms with van der Waals surface area (Å²) in [5.74, 6) is 1.38.